The third-order valence-electron chi connectivity index (χ3n) is 9.06. The van der Waals surface area contributed by atoms with Crippen LogP contribution in [0.4, 0.5) is 17.1 Å². The van der Waals surface area contributed by atoms with Crippen LogP contribution in [0.1, 0.15) is 50.3 Å². The Bertz CT molecular complexity index is 1900. The molecular formula is C42H37N. The van der Waals surface area contributed by atoms with Gasteiger partial charge in [0.05, 0.1) is 0 Å². The van der Waals surface area contributed by atoms with E-state index in [4.69, 9.17) is 0 Å². The van der Waals surface area contributed by atoms with Crippen molar-refractivity contribution in [2.75, 3.05) is 4.90 Å². The quantitative estimate of drug-likeness (QED) is 0.198. The molecule has 1 aliphatic carbocycles. The van der Waals surface area contributed by atoms with E-state index in [1.807, 2.05) is 0 Å². The minimum absolute atomic E-state index is 0.0666. The van der Waals surface area contributed by atoms with E-state index in [-0.39, 0.29) is 5.41 Å². The molecule has 1 aliphatic rings. The van der Waals surface area contributed by atoms with Gasteiger partial charge in [-0.1, -0.05) is 137 Å². The lowest BCUT2D eigenvalue weighted by atomic mass is 9.82. The average Bonchev–Trinajstić information content (AvgIpc) is 3.28. The highest BCUT2D eigenvalue weighted by Crippen LogP contribution is 2.51. The summed E-state index contributed by atoms with van der Waals surface area (Å²) in [5.41, 5.74) is 15.2. The zero-order chi connectivity index (χ0) is 29.6. The molecule has 0 spiro atoms. The van der Waals surface area contributed by atoms with E-state index < -0.39 is 0 Å². The molecule has 0 saturated heterocycles. The topological polar surface area (TPSA) is 3.24 Å². The summed E-state index contributed by atoms with van der Waals surface area (Å²) >= 11 is 0. The van der Waals surface area contributed by atoms with Crippen LogP contribution in [0.15, 0.2) is 146 Å². The Labute approximate surface area is 256 Å². The Hall–Kier alpha value is -4.88. The molecule has 43 heavy (non-hydrogen) atoms. The average molecular weight is 556 g/mol. The van der Waals surface area contributed by atoms with Crippen molar-refractivity contribution in [1.82, 2.24) is 0 Å². The van der Waals surface area contributed by atoms with Gasteiger partial charge in [-0.3, -0.25) is 0 Å². The summed E-state index contributed by atoms with van der Waals surface area (Å²) in [7, 11) is 0. The number of hydrogen-bond donors (Lipinski definition) is 0. The van der Waals surface area contributed by atoms with Crippen molar-refractivity contribution in [2.24, 2.45) is 0 Å². The van der Waals surface area contributed by atoms with E-state index in [9.17, 15) is 0 Å². The Balaban J connectivity index is 1.40. The largest absolute Gasteiger partial charge is 0.310 e. The molecule has 0 aromatic heterocycles. The number of nitrogens with zero attached hydrogens (tertiary/aromatic N) is 1. The second kappa shape index (κ2) is 10.7. The van der Waals surface area contributed by atoms with Gasteiger partial charge in [-0.05, 0) is 92.4 Å². The highest BCUT2D eigenvalue weighted by molar-refractivity contribution is 5.87. The molecule has 0 radical (unpaired) electrons. The molecule has 0 heterocycles. The van der Waals surface area contributed by atoms with Gasteiger partial charge in [0.1, 0.15) is 0 Å². The summed E-state index contributed by atoms with van der Waals surface area (Å²) < 4.78 is 0. The van der Waals surface area contributed by atoms with E-state index in [1.165, 1.54) is 61.4 Å². The lowest BCUT2D eigenvalue weighted by molar-refractivity contribution is 0.660. The fraction of sp³-hybridized carbons (Fsp3) is 0.143. The lowest BCUT2D eigenvalue weighted by Gasteiger charge is -2.31. The zero-order valence-electron chi connectivity index (χ0n) is 25.4. The van der Waals surface area contributed by atoms with E-state index in [0.717, 1.165) is 5.69 Å². The molecule has 6 aromatic carbocycles. The summed E-state index contributed by atoms with van der Waals surface area (Å²) in [6.07, 6.45) is 0. The van der Waals surface area contributed by atoms with Gasteiger partial charge in [-0.25, -0.2) is 0 Å². The Morgan fingerprint density at radius 2 is 1.00 bits per heavy atom. The molecule has 0 aliphatic heterocycles. The first-order chi connectivity index (χ1) is 20.9. The molecule has 1 nitrogen and oxygen atoms in total. The van der Waals surface area contributed by atoms with Gasteiger partial charge in [-0.2, -0.15) is 0 Å². The Morgan fingerprint density at radius 1 is 0.465 bits per heavy atom. The van der Waals surface area contributed by atoms with Gasteiger partial charge in [0.15, 0.2) is 0 Å². The molecule has 1 heteroatoms. The molecule has 0 unspecified atom stereocenters. The van der Waals surface area contributed by atoms with Crippen molar-refractivity contribution < 1.29 is 0 Å². The van der Waals surface area contributed by atoms with Crippen LogP contribution in [0.2, 0.25) is 0 Å². The predicted molar refractivity (Wildman–Crippen MR) is 184 cm³/mol. The number of rotatable bonds is 6. The van der Waals surface area contributed by atoms with Crippen molar-refractivity contribution >= 4 is 17.1 Å². The number of fused-ring (bicyclic) bond motifs is 3. The molecule has 0 bridgehead atoms. The number of hydrogen-bond acceptors (Lipinski definition) is 1. The smallest absolute Gasteiger partial charge is 0.0496 e. The summed E-state index contributed by atoms with van der Waals surface area (Å²) in [4.78, 5) is 2.46. The lowest BCUT2D eigenvalue weighted by Crippen LogP contribution is -2.17. The van der Waals surface area contributed by atoms with Crippen LogP contribution in [0.25, 0.3) is 33.4 Å². The van der Waals surface area contributed by atoms with E-state index in [0.29, 0.717) is 5.92 Å². The first-order valence-electron chi connectivity index (χ1n) is 15.3. The van der Waals surface area contributed by atoms with Crippen LogP contribution in [-0.4, -0.2) is 0 Å². The highest BCUT2D eigenvalue weighted by atomic mass is 15.1. The van der Waals surface area contributed by atoms with Crippen molar-refractivity contribution in [3.63, 3.8) is 0 Å². The second-order valence-electron chi connectivity index (χ2n) is 12.4. The van der Waals surface area contributed by atoms with Gasteiger partial charge in [0.2, 0.25) is 0 Å². The van der Waals surface area contributed by atoms with Crippen LogP contribution < -0.4 is 4.90 Å². The zero-order valence-corrected chi connectivity index (χ0v) is 25.4. The van der Waals surface area contributed by atoms with Gasteiger partial charge < -0.3 is 4.90 Å². The van der Waals surface area contributed by atoms with Gasteiger partial charge >= 0.3 is 0 Å². The van der Waals surface area contributed by atoms with E-state index >= 15 is 0 Å². The molecule has 0 amide bonds. The van der Waals surface area contributed by atoms with Gasteiger partial charge in [-0.15, -0.1) is 0 Å². The molecule has 0 fully saturated rings. The van der Waals surface area contributed by atoms with E-state index in [2.05, 4.69) is 178 Å². The van der Waals surface area contributed by atoms with Gasteiger partial charge in [0, 0.05) is 22.5 Å². The predicted octanol–water partition coefficient (Wildman–Crippen LogP) is 11.9. The number of benzene rings is 6. The van der Waals surface area contributed by atoms with Crippen molar-refractivity contribution in [3.05, 3.63) is 162 Å². The second-order valence-corrected chi connectivity index (χ2v) is 12.4. The Morgan fingerprint density at radius 3 is 1.67 bits per heavy atom. The molecule has 0 atom stereocenters. The van der Waals surface area contributed by atoms with Crippen molar-refractivity contribution in [2.45, 2.75) is 39.0 Å². The maximum atomic E-state index is 2.46. The normalized spacial score (nSPS) is 13.0. The van der Waals surface area contributed by atoms with Crippen LogP contribution in [-0.2, 0) is 5.41 Å². The first-order valence-corrected chi connectivity index (χ1v) is 15.3. The maximum absolute atomic E-state index is 2.46. The van der Waals surface area contributed by atoms with Crippen LogP contribution in [0, 0.1) is 0 Å². The molecule has 0 N–H and O–H groups in total. The van der Waals surface area contributed by atoms with Crippen molar-refractivity contribution in [3.8, 4) is 33.4 Å². The summed E-state index contributed by atoms with van der Waals surface area (Å²) in [5, 5.41) is 0. The highest BCUT2D eigenvalue weighted by Gasteiger charge is 2.35. The SMILES string of the molecule is CC(C)c1cc(-c2ccccc2)ccc1N(c1ccc(-c2ccccc2)cc1)c1ccc2c(c1)C(C)(C)c1ccccc1-2. The van der Waals surface area contributed by atoms with Gasteiger partial charge in [0.25, 0.3) is 0 Å². The minimum atomic E-state index is -0.0666. The third-order valence-corrected chi connectivity index (χ3v) is 9.06. The van der Waals surface area contributed by atoms with Crippen LogP contribution in [0.5, 0.6) is 0 Å². The number of anilines is 3. The molecule has 210 valence electrons. The molecule has 6 aromatic rings. The fourth-order valence-corrected chi connectivity index (χ4v) is 6.72. The first kappa shape index (κ1) is 27.0. The molecule has 7 rings (SSSR count). The Kier molecular flexibility index (Phi) is 6.75. The van der Waals surface area contributed by atoms with Crippen molar-refractivity contribution in [1.29, 1.82) is 0 Å². The van der Waals surface area contributed by atoms with Crippen LogP contribution in [0.3, 0.4) is 0 Å². The minimum Gasteiger partial charge on any atom is -0.310 e. The molecule has 0 saturated carbocycles. The van der Waals surface area contributed by atoms with E-state index in [1.54, 1.807) is 0 Å². The fourth-order valence-electron chi connectivity index (χ4n) is 6.72. The van der Waals surface area contributed by atoms with Crippen LogP contribution >= 0.6 is 0 Å². The maximum Gasteiger partial charge on any atom is 0.0496 e. The monoisotopic (exact) mass is 555 g/mol. The summed E-state index contributed by atoms with van der Waals surface area (Å²) in [6.45, 7) is 9.31. The molecular weight excluding hydrogens is 518 g/mol. The standard InChI is InChI=1S/C42H37N/c1-29(2)38-27-33(31-15-9-6-10-16-31)21-26-41(38)43(34-22-19-32(20-23-34)30-13-7-5-8-14-30)35-24-25-37-36-17-11-12-18-39(36)42(3,4)40(37)28-35/h5-29H,1-4H3. The summed E-state index contributed by atoms with van der Waals surface area (Å²) in [6, 6.07) is 53.2. The third kappa shape index (κ3) is 4.76. The summed E-state index contributed by atoms with van der Waals surface area (Å²) in [5.74, 6) is 0.347.